The first kappa shape index (κ1) is 19.3. The molecule has 1 heterocycles. The van der Waals surface area contributed by atoms with Crippen molar-refractivity contribution in [1.82, 2.24) is 10.2 Å². The second kappa shape index (κ2) is 8.40. The second-order valence-electron chi connectivity index (χ2n) is 6.32. The SMILES string of the molecule is COc1cc(C(=O)N[C@@H]2CN(C(C)C)C[C@H]2OC)cc(OC)c1OC. The van der Waals surface area contributed by atoms with E-state index in [9.17, 15) is 4.79 Å². The number of rotatable bonds is 7. The molecule has 140 valence electrons. The summed E-state index contributed by atoms with van der Waals surface area (Å²) in [6.45, 7) is 5.83. The summed E-state index contributed by atoms with van der Waals surface area (Å²) < 4.78 is 21.5. The van der Waals surface area contributed by atoms with Crippen molar-refractivity contribution in [3.8, 4) is 17.2 Å². The third-order valence-electron chi connectivity index (χ3n) is 4.57. The summed E-state index contributed by atoms with van der Waals surface area (Å²) in [5, 5.41) is 3.06. The molecule has 0 spiro atoms. The maximum Gasteiger partial charge on any atom is 0.251 e. The lowest BCUT2D eigenvalue weighted by molar-refractivity contribution is 0.0753. The Balaban J connectivity index is 2.20. The summed E-state index contributed by atoms with van der Waals surface area (Å²) >= 11 is 0. The molecule has 1 aliphatic heterocycles. The quantitative estimate of drug-likeness (QED) is 0.803. The molecule has 0 aliphatic carbocycles. The molecule has 1 aliphatic rings. The molecule has 2 atom stereocenters. The lowest BCUT2D eigenvalue weighted by atomic mass is 10.1. The van der Waals surface area contributed by atoms with Gasteiger partial charge in [-0.25, -0.2) is 0 Å². The van der Waals surface area contributed by atoms with Crippen molar-refractivity contribution in [3.05, 3.63) is 17.7 Å². The van der Waals surface area contributed by atoms with E-state index in [2.05, 4.69) is 24.1 Å². The highest BCUT2D eigenvalue weighted by molar-refractivity contribution is 5.96. The third kappa shape index (κ3) is 4.16. The van der Waals surface area contributed by atoms with Gasteiger partial charge >= 0.3 is 0 Å². The van der Waals surface area contributed by atoms with E-state index in [1.165, 1.54) is 21.3 Å². The molecule has 2 rings (SSSR count). The normalized spacial score (nSPS) is 20.6. The predicted octanol–water partition coefficient (Wildman–Crippen LogP) is 1.55. The molecule has 1 N–H and O–H groups in total. The lowest BCUT2D eigenvalue weighted by Crippen LogP contribution is -2.43. The molecule has 7 nitrogen and oxygen atoms in total. The van der Waals surface area contributed by atoms with Gasteiger partial charge in [0.15, 0.2) is 11.5 Å². The average molecular weight is 352 g/mol. The Bertz CT molecular complexity index is 580. The zero-order valence-corrected chi connectivity index (χ0v) is 15.8. The molecule has 1 amide bonds. The minimum atomic E-state index is -0.197. The van der Waals surface area contributed by atoms with Crippen LogP contribution in [0.2, 0.25) is 0 Å². The Hall–Kier alpha value is -1.99. The number of hydrogen-bond donors (Lipinski definition) is 1. The van der Waals surface area contributed by atoms with Crippen molar-refractivity contribution in [2.24, 2.45) is 0 Å². The van der Waals surface area contributed by atoms with E-state index >= 15 is 0 Å². The molecule has 0 bridgehead atoms. The highest BCUT2D eigenvalue weighted by Crippen LogP contribution is 2.38. The van der Waals surface area contributed by atoms with Crippen LogP contribution in [0.4, 0.5) is 0 Å². The molecular formula is C18H28N2O5. The van der Waals surface area contributed by atoms with Gasteiger partial charge in [0.1, 0.15) is 0 Å². The minimum Gasteiger partial charge on any atom is -0.493 e. The summed E-state index contributed by atoms with van der Waals surface area (Å²) in [4.78, 5) is 15.0. The van der Waals surface area contributed by atoms with Crippen LogP contribution in [0.25, 0.3) is 0 Å². The fourth-order valence-electron chi connectivity index (χ4n) is 3.07. The summed E-state index contributed by atoms with van der Waals surface area (Å²) in [6.07, 6.45) is -0.0339. The first-order valence-corrected chi connectivity index (χ1v) is 8.32. The smallest absolute Gasteiger partial charge is 0.251 e. The number of nitrogens with one attached hydrogen (secondary N) is 1. The van der Waals surface area contributed by atoms with E-state index < -0.39 is 0 Å². The largest absolute Gasteiger partial charge is 0.493 e. The summed E-state index contributed by atoms with van der Waals surface area (Å²) in [7, 11) is 6.25. The van der Waals surface area contributed by atoms with Crippen molar-refractivity contribution in [2.45, 2.75) is 32.0 Å². The van der Waals surface area contributed by atoms with Crippen LogP contribution in [-0.2, 0) is 4.74 Å². The first-order valence-electron chi connectivity index (χ1n) is 8.32. The van der Waals surface area contributed by atoms with Crippen LogP contribution in [0.15, 0.2) is 12.1 Å². The summed E-state index contributed by atoms with van der Waals surface area (Å²) in [6, 6.07) is 3.63. The highest BCUT2D eigenvalue weighted by atomic mass is 16.5. The molecule has 0 aromatic heterocycles. The number of likely N-dealkylation sites (tertiary alicyclic amines) is 1. The molecule has 1 aromatic rings. The standard InChI is InChI=1S/C18H28N2O5/c1-11(2)20-9-13(16(10-20)24-5)19-18(21)12-7-14(22-3)17(25-6)15(8-12)23-4/h7-8,11,13,16H,9-10H2,1-6H3,(H,19,21)/t13-,16-/m1/s1. The zero-order valence-electron chi connectivity index (χ0n) is 15.8. The Morgan fingerprint density at radius 1 is 1.08 bits per heavy atom. The summed E-state index contributed by atoms with van der Waals surface area (Å²) in [5.74, 6) is 1.16. The first-order chi connectivity index (χ1) is 11.9. The molecule has 1 fully saturated rings. The van der Waals surface area contributed by atoms with E-state index in [1.807, 2.05) is 0 Å². The fourth-order valence-corrected chi connectivity index (χ4v) is 3.07. The van der Waals surface area contributed by atoms with Gasteiger partial charge in [0.25, 0.3) is 5.91 Å². The number of carbonyl (C=O) groups excluding carboxylic acids is 1. The van der Waals surface area contributed by atoms with Gasteiger partial charge in [-0.15, -0.1) is 0 Å². The molecule has 0 radical (unpaired) electrons. The van der Waals surface area contributed by atoms with Crippen molar-refractivity contribution in [2.75, 3.05) is 41.5 Å². The van der Waals surface area contributed by atoms with Gasteiger partial charge in [0.05, 0.1) is 33.5 Å². The van der Waals surface area contributed by atoms with Gasteiger partial charge in [0, 0.05) is 31.8 Å². The average Bonchev–Trinajstić information content (AvgIpc) is 3.03. The fraction of sp³-hybridized carbons (Fsp3) is 0.611. The van der Waals surface area contributed by atoms with Crippen LogP contribution in [0.1, 0.15) is 24.2 Å². The molecule has 1 saturated heterocycles. The molecule has 0 saturated carbocycles. The number of amides is 1. The molecule has 7 heteroatoms. The maximum atomic E-state index is 12.7. The van der Waals surface area contributed by atoms with Gasteiger partial charge in [-0.3, -0.25) is 9.69 Å². The Kier molecular flexibility index (Phi) is 6.50. The van der Waals surface area contributed by atoms with Gasteiger partial charge in [-0.05, 0) is 26.0 Å². The van der Waals surface area contributed by atoms with Crippen molar-refractivity contribution in [1.29, 1.82) is 0 Å². The Morgan fingerprint density at radius 2 is 1.68 bits per heavy atom. The number of benzene rings is 1. The van der Waals surface area contributed by atoms with E-state index in [0.717, 1.165) is 13.1 Å². The van der Waals surface area contributed by atoms with E-state index in [-0.39, 0.29) is 18.1 Å². The van der Waals surface area contributed by atoms with Crippen molar-refractivity contribution < 1.29 is 23.7 Å². The van der Waals surface area contributed by atoms with Gasteiger partial charge in [-0.2, -0.15) is 0 Å². The van der Waals surface area contributed by atoms with Crippen LogP contribution >= 0.6 is 0 Å². The topological polar surface area (TPSA) is 69.3 Å². The zero-order chi connectivity index (χ0) is 18.6. The highest BCUT2D eigenvalue weighted by Gasteiger charge is 2.35. The van der Waals surface area contributed by atoms with E-state index in [0.29, 0.717) is 28.9 Å². The van der Waals surface area contributed by atoms with Gasteiger partial charge in [-0.1, -0.05) is 0 Å². The number of nitrogens with zero attached hydrogens (tertiary/aromatic N) is 1. The number of hydrogen-bond acceptors (Lipinski definition) is 6. The van der Waals surface area contributed by atoms with Crippen LogP contribution in [0.5, 0.6) is 17.2 Å². The van der Waals surface area contributed by atoms with Gasteiger partial charge in [0.2, 0.25) is 5.75 Å². The monoisotopic (exact) mass is 352 g/mol. The predicted molar refractivity (Wildman–Crippen MR) is 94.9 cm³/mol. The van der Waals surface area contributed by atoms with Crippen molar-refractivity contribution >= 4 is 5.91 Å². The Morgan fingerprint density at radius 3 is 2.12 bits per heavy atom. The van der Waals surface area contributed by atoms with Crippen LogP contribution in [0.3, 0.4) is 0 Å². The molecule has 25 heavy (non-hydrogen) atoms. The number of methoxy groups -OCH3 is 4. The molecular weight excluding hydrogens is 324 g/mol. The van der Waals surface area contributed by atoms with Crippen molar-refractivity contribution in [3.63, 3.8) is 0 Å². The van der Waals surface area contributed by atoms with Crippen LogP contribution in [-0.4, -0.2) is 70.5 Å². The minimum absolute atomic E-state index is 0.0339. The molecule has 1 aromatic carbocycles. The van der Waals surface area contributed by atoms with Crippen LogP contribution in [0, 0.1) is 0 Å². The number of carbonyl (C=O) groups is 1. The lowest BCUT2D eigenvalue weighted by Gasteiger charge is -2.20. The van der Waals surface area contributed by atoms with E-state index in [4.69, 9.17) is 18.9 Å². The van der Waals surface area contributed by atoms with E-state index in [1.54, 1.807) is 19.2 Å². The molecule has 0 unspecified atom stereocenters. The summed E-state index contributed by atoms with van der Waals surface area (Å²) in [5.41, 5.74) is 0.451. The Labute approximate surface area is 149 Å². The second-order valence-corrected chi connectivity index (χ2v) is 6.32. The third-order valence-corrected chi connectivity index (χ3v) is 4.57. The van der Waals surface area contributed by atoms with Gasteiger partial charge < -0.3 is 24.3 Å². The maximum absolute atomic E-state index is 12.7. The van der Waals surface area contributed by atoms with Crippen LogP contribution < -0.4 is 19.5 Å². The number of ether oxygens (including phenoxy) is 4.